The number of hydrogen-bond donors (Lipinski definition) is 0. The summed E-state index contributed by atoms with van der Waals surface area (Å²) in [4.78, 5) is 24.5. The van der Waals surface area contributed by atoms with E-state index < -0.39 is 18.2 Å². The molecule has 0 spiro atoms. The van der Waals surface area contributed by atoms with Crippen LogP contribution in [0.25, 0.3) is 0 Å². The highest BCUT2D eigenvalue weighted by Gasteiger charge is 2.31. The molecule has 0 bridgehead atoms. The summed E-state index contributed by atoms with van der Waals surface area (Å²) in [7, 11) is 0. The van der Waals surface area contributed by atoms with Crippen molar-refractivity contribution in [1.82, 2.24) is 0 Å². The third kappa shape index (κ3) is 3.59. The number of ketones is 1. The number of hydrogen-bond acceptors (Lipinski definition) is 5. The SMILES string of the molecule is C[C@@H](OC(=O)[C@H]1COc2ccccc2O1)C(=O)c1ccc(Br)cc1. The van der Waals surface area contributed by atoms with Crippen LogP contribution in [0.4, 0.5) is 0 Å². The van der Waals surface area contributed by atoms with E-state index in [-0.39, 0.29) is 12.4 Å². The Balaban J connectivity index is 1.62. The third-order valence-electron chi connectivity index (χ3n) is 3.56. The van der Waals surface area contributed by atoms with Gasteiger partial charge in [-0.2, -0.15) is 0 Å². The van der Waals surface area contributed by atoms with E-state index in [1.54, 1.807) is 49.4 Å². The van der Waals surface area contributed by atoms with Gasteiger partial charge in [0.15, 0.2) is 17.6 Å². The second-order valence-electron chi connectivity index (χ2n) is 5.31. The lowest BCUT2D eigenvalue weighted by atomic mass is 10.1. The number of Topliss-reactive ketones (excluding diaryl/α,β-unsaturated/α-hetero) is 1. The number of carbonyl (C=O) groups is 2. The monoisotopic (exact) mass is 390 g/mol. The van der Waals surface area contributed by atoms with Crippen LogP contribution >= 0.6 is 15.9 Å². The number of fused-ring (bicyclic) bond motifs is 1. The molecule has 2 aromatic rings. The fraction of sp³-hybridized carbons (Fsp3) is 0.222. The Kier molecular flexibility index (Phi) is 4.85. The molecule has 2 aromatic carbocycles. The van der Waals surface area contributed by atoms with Crippen molar-refractivity contribution in [1.29, 1.82) is 0 Å². The Morgan fingerprint density at radius 2 is 1.79 bits per heavy atom. The fourth-order valence-electron chi connectivity index (χ4n) is 2.29. The average molecular weight is 391 g/mol. The second-order valence-corrected chi connectivity index (χ2v) is 6.23. The Hall–Kier alpha value is -2.34. The Morgan fingerprint density at radius 3 is 2.50 bits per heavy atom. The molecular formula is C18H15BrO5. The molecular weight excluding hydrogens is 376 g/mol. The molecule has 0 fully saturated rings. The van der Waals surface area contributed by atoms with Crippen LogP contribution in [0, 0.1) is 0 Å². The smallest absolute Gasteiger partial charge is 0.351 e. The Morgan fingerprint density at radius 1 is 1.12 bits per heavy atom. The van der Waals surface area contributed by atoms with Crippen LogP contribution in [0.1, 0.15) is 17.3 Å². The van der Waals surface area contributed by atoms with Crippen molar-refractivity contribution in [3.05, 3.63) is 58.6 Å². The maximum Gasteiger partial charge on any atom is 0.351 e. The Labute approximate surface area is 147 Å². The zero-order valence-corrected chi connectivity index (χ0v) is 14.5. The zero-order valence-electron chi connectivity index (χ0n) is 12.9. The summed E-state index contributed by atoms with van der Waals surface area (Å²) in [6.07, 6.45) is -1.79. The van der Waals surface area contributed by atoms with Crippen LogP contribution in [0.2, 0.25) is 0 Å². The zero-order chi connectivity index (χ0) is 17.1. The van der Waals surface area contributed by atoms with Crippen LogP contribution in [-0.2, 0) is 9.53 Å². The third-order valence-corrected chi connectivity index (χ3v) is 4.09. The molecule has 0 amide bonds. The van der Waals surface area contributed by atoms with Gasteiger partial charge in [0.25, 0.3) is 0 Å². The van der Waals surface area contributed by atoms with Crippen LogP contribution in [0.15, 0.2) is 53.0 Å². The first-order valence-electron chi connectivity index (χ1n) is 7.43. The molecule has 2 atom stereocenters. The Bertz CT molecular complexity index is 756. The van der Waals surface area contributed by atoms with Crippen molar-refractivity contribution in [2.24, 2.45) is 0 Å². The summed E-state index contributed by atoms with van der Waals surface area (Å²) in [5.41, 5.74) is 0.477. The number of esters is 1. The minimum Gasteiger partial charge on any atom is -0.485 e. The molecule has 1 aliphatic rings. The van der Waals surface area contributed by atoms with E-state index in [2.05, 4.69) is 15.9 Å². The van der Waals surface area contributed by atoms with Crippen LogP contribution in [0.5, 0.6) is 11.5 Å². The van der Waals surface area contributed by atoms with Gasteiger partial charge in [-0.1, -0.05) is 40.2 Å². The van der Waals surface area contributed by atoms with E-state index in [4.69, 9.17) is 14.2 Å². The minimum atomic E-state index is -0.903. The van der Waals surface area contributed by atoms with Crippen molar-refractivity contribution in [2.45, 2.75) is 19.1 Å². The quantitative estimate of drug-likeness (QED) is 0.591. The van der Waals surface area contributed by atoms with Crippen LogP contribution in [-0.4, -0.2) is 30.6 Å². The number of rotatable bonds is 4. The molecule has 124 valence electrons. The van der Waals surface area contributed by atoms with Gasteiger partial charge >= 0.3 is 5.97 Å². The van der Waals surface area contributed by atoms with E-state index in [0.29, 0.717) is 17.1 Å². The first-order chi connectivity index (χ1) is 11.5. The van der Waals surface area contributed by atoms with Gasteiger partial charge in [-0.25, -0.2) is 4.79 Å². The van der Waals surface area contributed by atoms with Gasteiger partial charge in [0.05, 0.1) is 0 Å². The van der Waals surface area contributed by atoms with Crippen molar-refractivity contribution in [2.75, 3.05) is 6.61 Å². The molecule has 0 saturated carbocycles. The molecule has 0 aromatic heterocycles. The summed E-state index contributed by atoms with van der Waals surface area (Å²) in [5.74, 6) is 0.175. The predicted octanol–water partition coefficient (Wildman–Crippen LogP) is 3.40. The molecule has 0 N–H and O–H groups in total. The van der Waals surface area contributed by atoms with Crippen molar-refractivity contribution < 1.29 is 23.8 Å². The molecule has 0 saturated heterocycles. The maximum atomic E-state index is 12.3. The number of ether oxygens (including phenoxy) is 3. The summed E-state index contributed by atoms with van der Waals surface area (Å²) < 4.78 is 17.2. The molecule has 5 nitrogen and oxygen atoms in total. The number of para-hydroxylation sites is 2. The summed E-state index contributed by atoms with van der Waals surface area (Å²) in [5, 5.41) is 0. The van der Waals surface area contributed by atoms with Crippen molar-refractivity contribution in [3.63, 3.8) is 0 Å². The normalized spacial score (nSPS) is 17.0. The van der Waals surface area contributed by atoms with Gasteiger partial charge < -0.3 is 14.2 Å². The van der Waals surface area contributed by atoms with E-state index in [1.165, 1.54) is 0 Å². The molecule has 3 rings (SSSR count). The summed E-state index contributed by atoms with van der Waals surface area (Å²) in [6.45, 7) is 1.59. The van der Waals surface area contributed by atoms with Gasteiger partial charge in [0, 0.05) is 10.0 Å². The van der Waals surface area contributed by atoms with E-state index >= 15 is 0 Å². The van der Waals surface area contributed by atoms with Crippen LogP contribution < -0.4 is 9.47 Å². The highest BCUT2D eigenvalue weighted by Crippen LogP contribution is 2.31. The molecule has 1 aliphatic heterocycles. The minimum absolute atomic E-state index is 0.0506. The first-order valence-corrected chi connectivity index (χ1v) is 8.22. The lowest BCUT2D eigenvalue weighted by molar-refractivity contribution is -0.157. The van der Waals surface area contributed by atoms with Gasteiger partial charge in [-0.05, 0) is 31.2 Å². The van der Waals surface area contributed by atoms with E-state index in [1.807, 2.05) is 6.07 Å². The second kappa shape index (κ2) is 7.05. The standard InChI is InChI=1S/C18H15BrO5/c1-11(17(20)12-6-8-13(19)9-7-12)23-18(21)16-10-22-14-4-2-3-5-15(14)24-16/h2-9,11,16H,10H2,1H3/t11-,16-/m1/s1. The average Bonchev–Trinajstić information content (AvgIpc) is 2.61. The van der Waals surface area contributed by atoms with Gasteiger partial charge in [0.2, 0.25) is 11.9 Å². The molecule has 24 heavy (non-hydrogen) atoms. The van der Waals surface area contributed by atoms with Crippen LogP contribution in [0.3, 0.4) is 0 Å². The molecule has 0 unspecified atom stereocenters. The van der Waals surface area contributed by atoms with E-state index in [9.17, 15) is 9.59 Å². The maximum absolute atomic E-state index is 12.3. The highest BCUT2D eigenvalue weighted by molar-refractivity contribution is 9.10. The lowest BCUT2D eigenvalue weighted by Crippen LogP contribution is -2.40. The molecule has 6 heteroatoms. The van der Waals surface area contributed by atoms with E-state index in [0.717, 1.165) is 4.47 Å². The molecule has 1 heterocycles. The largest absolute Gasteiger partial charge is 0.485 e. The molecule has 0 radical (unpaired) electrons. The fourth-order valence-corrected chi connectivity index (χ4v) is 2.55. The number of halogens is 1. The highest BCUT2D eigenvalue weighted by atomic mass is 79.9. The van der Waals surface area contributed by atoms with Crippen molar-refractivity contribution in [3.8, 4) is 11.5 Å². The molecule has 0 aliphatic carbocycles. The topological polar surface area (TPSA) is 61.8 Å². The summed E-state index contributed by atoms with van der Waals surface area (Å²) >= 11 is 3.31. The first kappa shape index (κ1) is 16.5. The number of benzene rings is 2. The summed E-state index contributed by atoms with van der Waals surface area (Å²) in [6, 6.07) is 13.9. The number of carbonyl (C=O) groups excluding carboxylic acids is 2. The van der Waals surface area contributed by atoms with Gasteiger partial charge in [0.1, 0.15) is 6.61 Å². The lowest BCUT2D eigenvalue weighted by Gasteiger charge is -2.25. The van der Waals surface area contributed by atoms with Gasteiger partial charge in [-0.15, -0.1) is 0 Å². The predicted molar refractivity (Wildman–Crippen MR) is 90.4 cm³/mol. The van der Waals surface area contributed by atoms with Gasteiger partial charge in [-0.3, -0.25) is 4.79 Å². The van der Waals surface area contributed by atoms with Crippen molar-refractivity contribution >= 4 is 27.7 Å².